The van der Waals surface area contributed by atoms with Crippen molar-refractivity contribution in [2.45, 2.75) is 25.2 Å². The molecule has 19 heavy (non-hydrogen) atoms. The fourth-order valence-corrected chi connectivity index (χ4v) is 2.83. The number of Topliss-reactive ketones (excluding diaryl/α,β-unsaturated/α-hetero) is 1. The molecule has 0 amide bonds. The molecule has 0 aliphatic heterocycles. The van der Waals surface area contributed by atoms with Gasteiger partial charge in [-0.2, -0.15) is 0 Å². The van der Waals surface area contributed by atoms with Gasteiger partial charge in [-0.15, -0.1) is 0 Å². The smallest absolute Gasteiger partial charge is 0.173 e. The van der Waals surface area contributed by atoms with Crippen LogP contribution in [0.15, 0.2) is 42.7 Å². The van der Waals surface area contributed by atoms with Crippen LogP contribution in [-0.4, -0.2) is 10.8 Å². The number of hydrogen-bond donors (Lipinski definition) is 1. The van der Waals surface area contributed by atoms with Gasteiger partial charge in [0.15, 0.2) is 5.78 Å². The number of nitrogens with zero attached hydrogens (tertiary/aromatic N) is 1. The number of anilines is 1. The van der Waals surface area contributed by atoms with E-state index < -0.39 is 0 Å². The third kappa shape index (κ3) is 2.12. The zero-order valence-corrected chi connectivity index (χ0v) is 10.7. The van der Waals surface area contributed by atoms with Gasteiger partial charge in [0.05, 0.1) is 5.56 Å². The number of aryl methyl sites for hydroxylation is 1. The summed E-state index contributed by atoms with van der Waals surface area (Å²) in [5.41, 5.74) is 9.39. The number of pyridine rings is 1. The molecule has 1 unspecified atom stereocenters. The molecule has 1 aromatic heterocycles. The number of benzene rings is 1. The Morgan fingerprint density at radius 1 is 1.26 bits per heavy atom. The Labute approximate surface area is 112 Å². The van der Waals surface area contributed by atoms with E-state index in [2.05, 4.69) is 17.1 Å². The highest BCUT2D eigenvalue weighted by Crippen LogP contribution is 2.34. The lowest BCUT2D eigenvalue weighted by atomic mass is 9.79. The summed E-state index contributed by atoms with van der Waals surface area (Å²) in [6.07, 6.45) is 6.19. The average Bonchev–Trinajstić information content (AvgIpc) is 2.46. The lowest BCUT2D eigenvalue weighted by Crippen LogP contribution is -2.19. The van der Waals surface area contributed by atoms with Crippen LogP contribution in [0.25, 0.3) is 0 Å². The van der Waals surface area contributed by atoms with E-state index in [0.717, 1.165) is 24.8 Å². The van der Waals surface area contributed by atoms with Crippen molar-refractivity contribution in [3.05, 3.63) is 59.4 Å². The first-order valence-corrected chi connectivity index (χ1v) is 6.59. The van der Waals surface area contributed by atoms with Gasteiger partial charge < -0.3 is 5.73 Å². The summed E-state index contributed by atoms with van der Waals surface area (Å²) < 4.78 is 0. The molecule has 1 aliphatic carbocycles. The molecule has 1 heterocycles. The minimum atomic E-state index is -0.0727. The molecule has 1 atom stereocenters. The second-order valence-electron chi connectivity index (χ2n) is 4.97. The molecule has 3 rings (SSSR count). The van der Waals surface area contributed by atoms with Gasteiger partial charge in [-0.3, -0.25) is 9.78 Å². The fraction of sp³-hybridized carbons (Fsp3) is 0.250. The van der Waals surface area contributed by atoms with Gasteiger partial charge in [-0.1, -0.05) is 24.3 Å². The molecular weight excluding hydrogens is 236 g/mol. The van der Waals surface area contributed by atoms with E-state index in [1.54, 1.807) is 18.5 Å². The zero-order valence-electron chi connectivity index (χ0n) is 10.7. The number of nitrogen functional groups attached to an aromatic ring is 1. The molecule has 2 N–H and O–H groups in total. The topological polar surface area (TPSA) is 56.0 Å². The molecule has 2 aromatic rings. The Kier molecular flexibility index (Phi) is 3.03. The lowest BCUT2D eigenvalue weighted by molar-refractivity contribution is 0.0951. The van der Waals surface area contributed by atoms with E-state index in [0.29, 0.717) is 11.3 Å². The molecule has 1 aliphatic rings. The maximum absolute atomic E-state index is 12.7. The Morgan fingerprint density at radius 2 is 2.11 bits per heavy atom. The van der Waals surface area contributed by atoms with Gasteiger partial charge in [0.25, 0.3) is 0 Å². The van der Waals surface area contributed by atoms with Crippen molar-refractivity contribution in [1.82, 2.24) is 4.98 Å². The van der Waals surface area contributed by atoms with Crippen LogP contribution in [0.3, 0.4) is 0 Å². The summed E-state index contributed by atoms with van der Waals surface area (Å²) in [5, 5.41) is 0. The largest absolute Gasteiger partial charge is 0.398 e. The number of hydrogen-bond acceptors (Lipinski definition) is 3. The molecule has 0 saturated heterocycles. The number of ketones is 1. The quantitative estimate of drug-likeness (QED) is 0.836. The fourth-order valence-electron chi connectivity index (χ4n) is 2.83. The van der Waals surface area contributed by atoms with Gasteiger partial charge in [-0.05, 0) is 36.5 Å². The maximum atomic E-state index is 12.7. The van der Waals surface area contributed by atoms with E-state index in [1.807, 2.05) is 12.1 Å². The Morgan fingerprint density at radius 3 is 2.95 bits per heavy atom. The molecule has 1 aromatic carbocycles. The monoisotopic (exact) mass is 252 g/mol. The van der Waals surface area contributed by atoms with Gasteiger partial charge in [0, 0.05) is 24.0 Å². The third-order valence-corrected chi connectivity index (χ3v) is 3.81. The van der Waals surface area contributed by atoms with Crippen LogP contribution >= 0.6 is 0 Å². The Hall–Kier alpha value is -2.16. The van der Waals surface area contributed by atoms with Crippen molar-refractivity contribution in [2.75, 3.05) is 5.73 Å². The Balaban J connectivity index is 2.00. The number of fused-ring (bicyclic) bond motifs is 1. The van der Waals surface area contributed by atoms with Crippen LogP contribution in [-0.2, 0) is 6.42 Å². The van der Waals surface area contributed by atoms with Crippen molar-refractivity contribution in [3.8, 4) is 0 Å². The van der Waals surface area contributed by atoms with Crippen molar-refractivity contribution >= 4 is 11.5 Å². The summed E-state index contributed by atoms with van der Waals surface area (Å²) in [5.74, 6) is 0.0224. The molecule has 0 spiro atoms. The van der Waals surface area contributed by atoms with Crippen LogP contribution in [0.4, 0.5) is 5.69 Å². The van der Waals surface area contributed by atoms with E-state index in [9.17, 15) is 4.79 Å². The molecular formula is C16H16N2O. The SMILES string of the molecule is Nc1ccncc1C(=O)C1CCCc2ccccc21. The summed E-state index contributed by atoms with van der Waals surface area (Å²) in [7, 11) is 0. The van der Waals surface area contributed by atoms with Crippen LogP contribution in [0.2, 0.25) is 0 Å². The predicted octanol–water partition coefficient (Wildman–Crippen LogP) is 2.97. The van der Waals surface area contributed by atoms with Crippen molar-refractivity contribution in [2.24, 2.45) is 0 Å². The summed E-state index contributed by atoms with van der Waals surface area (Å²) in [4.78, 5) is 16.7. The van der Waals surface area contributed by atoms with E-state index in [1.165, 1.54) is 5.56 Å². The minimum Gasteiger partial charge on any atom is -0.398 e. The van der Waals surface area contributed by atoms with E-state index >= 15 is 0 Å². The molecule has 0 bridgehead atoms. The molecule has 3 heteroatoms. The first kappa shape index (κ1) is 11.9. The molecule has 96 valence electrons. The van der Waals surface area contributed by atoms with Crippen LogP contribution in [0, 0.1) is 0 Å². The van der Waals surface area contributed by atoms with Crippen LogP contribution in [0.5, 0.6) is 0 Å². The number of rotatable bonds is 2. The number of carbonyl (C=O) groups excluding carboxylic acids is 1. The second-order valence-corrected chi connectivity index (χ2v) is 4.97. The third-order valence-electron chi connectivity index (χ3n) is 3.81. The van der Waals surface area contributed by atoms with Gasteiger partial charge in [0.2, 0.25) is 0 Å². The van der Waals surface area contributed by atoms with Crippen LogP contribution in [0.1, 0.15) is 40.2 Å². The summed E-state index contributed by atoms with van der Waals surface area (Å²) >= 11 is 0. The Bertz CT molecular complexity index is 622. The van der Waals surface area contributed by atoms with Crippen molar-refractivity contribution < 1.29 is 4.79 Å². The summed E-state index contributed by atoms with van der Waals surface area (Å²) in [6.45, 7) is 0. The molecule has 0 saturated carbocycles. The highest BCUT2D eigenvalue weighted by Gasteiger charge is 2.27. The normalized spacial score (nSPS) is 17.8. The minimum absolute atomic E-state index is 0.0727. The highest BCUT2D eigenvalue weighted by molar-refractivity contribution is 6.04. The van der Waals surface area contributed by atoms with E-state index in [4.69, 9.17) is 5.73 Å². The molecule has 3 nitrogen and oxygen atoms in total. The molecule has 0 fully saturated rings. The van der Waals surface area contributed by atoms with Gasteiger partial charge in [0.1, 0.15) is 0 Å². The van der Waals surface area contributed by atoms with Crippen molar-refractivity contribution in [3.63, 3.8) is 0 Å². The first-order valence-electron chi connectivity index (χ1n) is 6.59. The first-order chi connectivity index (χ1) is 9.27. The average molecular weight is 252 g/mol. The number of carbonyl (C=O) groups is 1. The van der Waals surface area contributed by atoms with E-state index in [-0.39, 0.29) is 11.7 Å². The second kappa shape index (κ2) is 4.84. The number of aromatic nitrogens is 1. The zero-order chi connectivity index (χ0) is 13.2. The summed E-state index contributed by atoms with van der Waals surface area (Å²) in [6, 6.07) is 9.88. The van der Waals surface area contributed by atoms with Gasteiger partial charge in [-0.25, -0.2) is 0 Å². The number of nitrogens with two attached hydrogens (primary N) is 1. The van der Waals surface area contributed by atoms with Crippen LogP contribution < -0.4 is 5.73 Å². The molecule has 0 radical (unpaired) electrons. The van der Waals surface area contributed by atoms with Crippen molar-refractivity contribution in [1.29, 1.82) is 0 Å². The predicted molar refractivity (Wildman–Crippen MR) is 75.1 cm³/mol. The lowest BCUT2D eigenvalue weighted by Gasteiger charge is -2.24. The standard InChI is InChI=1S/C16H16N2O/c17-15-8-9-18-10-14(15)16(19)13-7-3-5-11-4-1-2-6-12(11)13/h1-2,4,6,8-10,13H,3,5,7H2,(H2,17,18). The van der Waals surface area contributed by atoms with Gasteiger partial charge >= 0.3 is 0 Å². The maximum Gasteiger partial charge on any atom is 0.173 e. The highest BCUT2D eigenvalue weighted by atomic mass is 16.1.